The summed E-state index contributed by atoms with van der Waals surface area (Å²) in [5.74, 6) is 0.976. The van der Waals surface area contributed by atoms with Crippen molar-refractivity contribution in [2.24, 2.45) is 5.92 Å². The van der Waals surface area contributed by atoms with Crippen LogP contribution in [-0.4, -0.2) is 17.1 Å². The second-order valence-corrected chi connectivity index (χ2v) is 4.13. The summed E-state index contributed by atoms with van der Waals surface area (Å²) in [4.78, 5) is 0. The van der Waals surface area contributed by atoms with E-state index in [4.69, 9.17) is 4.43 Å². The standard InChI is InChI=1S/C10H24OSi/c1-3-7-10(4-2)8-5-6-9-11-12/h10H,3-9H2,1-2,12H3. The average molecular weight is 188 g/mol. The molecule has 0 aromatic heterocycles. The minimum absolute atomic E-state index is 0.905. The third-order valence-corrected chi connectivity index (χ3v) is 2.89. The highest BCUT2D eigenvalue weighted by molar-refractivity contribution is 5.97. The maximum Gasteiger partial charge on any atom is 0.145 e. The molecule has 1 nitrogen and oxygen atoms in total. The minimum Gasteiger partial charge on any atom is -0.428 e. The van der Waals surface area contributed by atoms with Gasteiger partial charge in [-0.25, -0.2) is 0 Å². The van der Waals surface area contributed by atoms with E-state index >= 15 is 0 Å². The van der Waals surface area contributed by atoms with Crippen LogP contribution in [0.4, 0.5) is 0 Å². The molecule has 1 atom stereocenters. The van der Waals surface area contributed by atoms with Crippen LogP contribution in [0.3, 0.4) is 0 Å². The first-order chi connectivity index (χ1) is 5.85. The van der Waals surface area contributed by atoms with Gasteiger partial charge in [-0.3, -0.25) is 0 Å². The third kappa shape index (κ3) is 6.86. The quantitative estimate of drug-likeness (QED) is 0.419. The topological polar surface area (TPSA) is 9.23 Å². The molecule has 0 rings (SSSR count). The van der Waals surface area contributed by atoms with E-state index in [1.165, 1.54) is 38.5 Å². The Labute approximate surface area is 80.4 Å². The van der Waals surface area contributed by atoms with Gasteiger partial charge in [0.2, 0.25) is 0 Å². The maximum atomic E-state index is 5.16. The summed E-state index contributed by atoms with van der Waals surface area (Å²) in [6.07, 6.45) is 8.16. The van der Waals surface area contributed by atoms with E-state index in [0.29, 0.717) is 0 Å². The highest BCUT2D eigenvalue weighted by Gasteiger charge is 2.03. The Hall–Kier alpha value is 0.177. The fourth-order valence-electron chi connectivity index (χ4n) is 1.64. The molecule has 0 saturated carbocycles. The SMILES string of the molecule is CCCC(CC)CCCCO[SiH3]. The summed E-state index contributed by atoms with van der Waals surface area (Å²) in [6, 6.07) is 0. The summed E-state index contributed by atoms with van der Waals surface area (Å²) in [5.41, 5.74) is 0. The Morgan fingerprint density at radius 2 is 1.92 bits per heavy atom. The van der Waals surface area contributed by atoms with Crippen molar-refractivity contribution >= 4 is 10.5 Å². The number of rotatable bonds is 8. The van der Waals surface area contributed by atoms with E-state index < -0.39 is 0 Å². The van der Waals surface area contributed by atoms with Crippen LogP contribution in [0.1, 0.15) is 52.4 Å². The molecule has 0 spiro atoms. The predicted molar refractivity (Wildman–Crippen MR) is 58.4 cm³/mol. The monoisotopic (exact) mass is 188 g/mol. The lowest BCUT2D eigenvalue weighted by Crippen LogP contribution is -1.99. The van der Waals surface area contributed by atoms with Gasteiger partial charge in [-0.2, -0.15) is 0 Å². The van der Waals surface area contributed by atoms with Gasteiger partial charge in [-0.15, -0.1) is 0 Å². The molecule has 0 aromatic rings. The zero-order valence-corrected chi connectivity index (χ0v) is 10.9. The van der Waals surface area contributed by atoms with Gasteiger partial charge < -0.3 is 4.43 Å². The molecular weight excluding hydrogens is 164 g/mol. The first kappa shape index (κ1) is 12.2. The van der Waals surface area contributed by atoms with Crippen LogP contribution in [0, 0.1) is 5.92 Å². The molecular formula is C10H24OSi. The van der Waals surface area contributed by atoms with Crippen molar-refractivity contribution in [1.29, 1.82) is 0 Å². The van der Waals surface area contributed by atoms with Crippen molar-refractivity contribution in [3.05, 3.63) is 0 Å². The van der Waals surface area contributed by atoms with Gasteiger partial charge in [0.15, 0.2) is 0 Å². The normalized spacial score (nSPS) is 13.5. The largest absolute Gasteiger partial charge is 0.428 e. The van der Waals surface area contributed by atoms with Crippen molar-refractivity contribution in [3.8, 4) is 0 Å². The predicted octanol–water partition coefficient (Wildman–Crippen LogP) is 2.28. The fraction of sp³-hybridized carbons (Fsp3) is 1.00. The highest BCUT2D eigenvalue weighted by Crippen LogP contribution is 2.17. The van der Waals surface area contributed by atoms with Crippen LogP contribution >= 0.6 is 0 Å². The summed E-state index contributed by atoms with van der Waals surface area (Å²) in [7, 11) is 0.905. The van der Waals surface area contributed by atoms with Crippen LogP contribution in [-0.2, 0) is 4.43 Å². The van der Waals surface area contributed by atoms with Gasteiger partial charge in [0.1, 0.15) is 10.5 Å². The number of unbranched alkanes of at least 4 members (excludes halogenated alkanes) is 1. The van der Waals surface area contributed by atoms with E-state index in [1.807, 2.05) is 0 Å². The van der Waals surface area contributed by atoms with Gasteiger partial charge in [0.25, 0.3) is 0 Å². The lowest BCUT2D eigenvalue weighted by molar-refractivity contribution is 0.319. The molecule has 0 aromatic carbocycles. The molecule has 0 aliphatic rings. The van der Waals surface area contributed by atoms with Crippen molar-refractivity contribution in [1.82, 2.24) is 0 Å². The molecule has 0 N–H and O–H groups in total. The van der Waals surface area contributed by atoms with E-state index in [9.17, 15) is 0 Å². The molecule has 12 heavy (non-hydrogen) atoms. The zero-order valence-electron chi connectivity index (χ0n) is 8.94. The molecule has 0 heterocycles. The molecule has 0 fully saturated rings. The molecule has 0 aliphatic heterocycles. The van der Waals surface area contributed by atoms with Gasteiger partial charge in [0, 0.05) is 6.61 Å². The Morgan fingerprint density at radius 1 is 1.17 bits per heavy atom. The van der Waals surface area contributed by atoms with E-state index in [0.717, 1.165) is 23.0 Å². The number of hydrogen-bond acceptors (Lipinski definition) is 1. The Bertz CT molecular complexity index is 85.9. The molecule has 0 radical (unpaired) electrons. The second-order valence-electron chi connectivity index (χ2n) is 3.55. The Balaban J connectivity index is 3.19. The maximum absolute atomic E-state index is 5.16. The minimum atomic E-state index is 0.905. The van der Waals surface area contributed by atoms with Crippen molar-refractivity contribution in [2.45, 2.75) is 52.4 Å². The molecule has 74 valence electrons. The summed E-state index contributed by atoms with van der Waals surface area (Å²) < 4.78 is 5.16. The van der Waals surface area contributed by atoms with E-state index in [-0.39, 0.29) is 0 Å². The summed E-state index contributed by atoms with van der Waals surface area (Å²) in [6.45, 7) is 5.59. The highest BCUT2D eigenvalue weighted by atomic mass is 28.2. The van der Waals surface area contributed by atoms with Gasteiger partial charge in [-0.1, -0.05) is 46.0 Å². The van der Waals surface area contributed by atoms with Crippen LogP contribution in [0.5, 0.6) is 0 Å². The smallest absolute Gasteiger partial charge is 0.145 e. The van der Waals surface area contributed by atoms with Gasteiger partial charge in [0.05, 0.1) is 0 Å². The van der Waals surface area contributed by atoms with Crippen molar-refractivity contribution < 1.29 is 4.43 Å². The van der Waals surface area contributed by atoms with Crippen molar-refractivity contribution in [2.75, 3.05) is 6.61 Å². The molecule has 0 amide bonds. The fourth-order valence-corrected chi connectivity index (χ4v) is 1.93. The molecule has 0 saturated heterocycles. The van der Waals surface area contributed by atoms with Crippen LogP contribution in [0.2, 0.25) is 0 Å². The van der Waals surface area contributed by atoms with E-state index in [1.54, 1.807) is 0 Å². The third-order valence-electron chi connectivity index (χ3n) is 2.49. The Kier molecular flexibility index (Phi) is 9.40. The second kappa shape index (κ2) is 9.27. The van der Waals surface area contributed by atoms with E-state index in [2.05, 4.69) is 13.8 Å². The lowest BCUT2D eigenvalue weighted by atomic mass is 9.95. The first-order valence-corrected chi connectivity index (χ1v) is 6.15. The van der Waals surface area contributed by atoms with Crippen molar-refractivity contribution in [3.63, 3.8) is 0 Å². The summed E-state index contributed by atoms with van der Waals surface area (Å²) in [5, 5.41) is 0. The molecule has 0 bridgehead atoms. The van der Waals surface area contributed by atoms with Crippen LogP contribution in [0.25, 0.3) is 0 Å². The molecule has 1 unspecified atom stereocenters. The van der Waals surface area contributed by atoms with Crippen LogP contribution in [0.15, 0.2) is 0 Å². The Morgan fingerprint density at radius 3 is 2.42 bits per heavy atom. The molecule has 0 aliphatic carbocycles. The number of hydrogen-bond donors (Lipinski definition) is 0. The van der Waals surface area contributed by atoms with Gasteiger partial charge >= 0.3 is 0 Å². The summed E-state index contributed by atoms with van der Waals surface area (Å²) >= 11 is 0. The first-order valence-electron chi connectivity index (χ1n) is 5.34. The zero-order chi connectivity index (χ0) is 9.23. The van der Waals surface area contributed by atoms with Gasteiger partial charge in [-0.05, 0) is 12.3 Å². The average Bonchev–Trinajstić information content (AvgIpc) is 2.10. The van der Waals surface area contributed by atoms with Crippen LogP contribution < -0.4 is 0 Å². The lowest BCUT2D eigenvalue weighted by Gasteiger charge is -2.12. The molecule has 2 heteroatoms.